The van der Waals surface area contributed by atoms with Crippen molar-refractivity contribution < 1.29 is 9.90 Å². The van der Waals surface area contributed by atoms with Gasteiger partial charge in [-0.05, 0) is 35.7 Å². The number of carbonyl (C=O) groups is 1. The van der Waals surface area contributed by atoms with Crippen molar-refractivity contribution >= 4 is 22.4 Å². The van der Waals surface area contributed by atoms with Crippen LogP contribution in [-0.4, -0.2) is 29.1 Å². The summed E-state index contributed by atoms with van der Waals surface area (Å²) in [5.74, 6) is -0.381. The summed E-state index contributed by atoms with van der Waals surface area (Å²) in [6, 6.07) is 15.5. The van der Waals surface area contributed by atoms with Gasteiger partial charge >= 0.3 is 0 Å². The molecule has 1 aromatic heterocycles. The average Bonchev–Trinajstić information content (AvgIpc) is 3.12. The number of amides is 1. The van der Waals surface area contributed by atoms with E-state index in [1.807, 2.05) is 53.9 Å². The Kier molecular flexibility index (Phi) is 6.76. The summed E-state index contributed by atoms with van der Waals surface area (Å²) in [6.07, 6.45) is 0.409. The maximum atomic E-state index is 11.4. The molecule has 6 N–H and O–H groups in total. The van der Waals surface area contributed by atoms with Crippen LogP contribution in [0.3, 0.4) is 0 Å². The van der Waals surface area contributed by atoms with Gasteiger partial charge in [0.15, 0.2) is 5.13 Å². The maximum absolute atomic E-state index is 11.4. The van der Waals surface area contributed by atoms with Crippen LogP contribution in [0.4, 0.5) is 5.13 Å². The number of nitrogens with zero attached hydrogens (tertiary/aromatic N) is 1. The van der Waals surface area contributed by atoms with Crippen LogP contribution in [-0.2, 0) is 17.6 Å². The van der Waals surface area contributed by atoms with E-state index in [1.165, 1.54) is 11.3 Å². The fourth-order valence-corrected chi connectivity index (χ4v) is 3.60. The van der Waals surface area contributed by atoms with E-state index < -0.39 is 6.10 Å². The molecule has 0 bridgehead atoms. The van der Waals surface area contributed by atoms with Crippen molar-refractivity contribution in [1.82, 2.24) is 10.3 Å². The number of hydrogen-bond acceptors (Lipinski definition) is 6. The number of nitrogens with two attached hydrogens (primary N) is 2. The van der Waals surface area contributed by atoms with E-state index in [0.29, 0.717) is 11.7 Å². The number of carbonyl (C=O) groups excluding carboxylic acids is 1. The number of primary amides is 1. The topological polar surface area (TPSA) is 114 Å². The molecular weight excluding hydrogens is 372 g/mol. The van der Waals surface area contributed by atoms with Gasteiger partial charge in [-0.1, -0.05) is 42.5 Å². The second kappa shape index (κ2) is 9.45. The summed E-state index contributed by atoms with van der Waals surface area (Å²) in [7, 11) is 0. The molecule has 3 aromatic rings. The highest BCUT2D eigenvalue weighted by Gasteiger charge is 2.12. The molecule has 28 heavy (non-hydrogen) atoms. The molecule has 3 rings (SSSR count). The Morgan fingerprint density at radius 1 is 1.21 bits per heavy atom. The van der Waals surface area contributed by atoms with Gasteiger partial charge in [0.05, 0.1) is 18.2 Å². The monoisotopic (exact) mass is 396 g/mol. The van der Waals surface area contributed by atoms with E-state index in [2.05, 4.69) is 10.3 Å². The third-order valence-electron chi connectivity index (χ3n) is 4.45. The Bertz CT molecular complexity index is 927. The SMILES string of the molecule is NC(=O)Cc1ccc(CCNC[C@H](O)c2ccccc2)cc1-c1csc(N)n1. The first-order valence-corrected chi connectivity index (χ1v) is 9.96. The lowest BCUT2D eigenvalue weighted by Gasteiger charge is -2.13. The van der Waals surface area contributed by atoms with E-state index in [1.54, 1.807) is 0 Å². The van der Waals surface area contributed by atoms with Crippen LogP contribution in [0.15, 0.2) is 53.9 Å². The maximum Gasteiger partial charge on any atom is 0.221 e. The zero-order valence-corrected chi connectivity index (χ0v) is 16.3. The molecule has 0 spiro atoms. The second-order valence-corrected chi connectivity index (χ2v) is 7.48. The van der Waals surface area contributed by atoms with Crippen molar-refractivity contribution in [1.29, 1.82) is 0 Å². The summed E-state index contributed by atoms with van der Waals surface area (Å²) in [4.78, 5) is 15.7. The van der Waals surface area contributed by atoms with Crippen LogP contribution in [0.25, 0.3) is 11.3 Å². The largest absolute Gasteiger partial charge is 0.387 e. The van der Waals surface area contributed by atoms with E-state index in [4.69, 9.17) is 11.5 Å². The molecule has 0 fully saturated rings. The number of aromatic nitrogens is 1. The first-order chi connectivity index (χ1) is 13.5. The Morgan fingerprint density at radius 2 is 2.00 bits per heavy atom. The summed E-state index contributed by atoms with van der Waals surface area (Å²) in [6.45, 7) is 1.21. The van der Waals surface area contributed by atoms with Crippen LogP contribution in [0.2, 0.25) is 0 Å². The number of rotatable bonds is 9. The molecule has 0 unspecified atom stereocenters. The third kappa shape index (κ3) is 5.39. The summed E-state index contributed by atoms with van der Waals surface area (Å²) >= 11 is 1.37. The lowest BCUT2D eigenvalue weighted by molar-refractivity contribution is -0.117. The van der Waals surface area contributed by atoms with Crippen LogP contribution in [0.1, 0.15) is 22.8 Å². The Labute approximate surface area is 168 Å². The molecule has 146 valence electrons. The van der Waals surface area contributed by atoms with Gasteiger partial charge in [0, 0.05) is 17.5 Å². The van der Waals surface area contributed by atoms with E-state index in [9.17, 15) is 9.90 Å². The van der Waals surface area contributed by atoms with Gasteiger partial charge in [0.2, 0.25) is 5.91 Å². The van der Waals surface area contributed by atoms with Crippen LogP contribution < -0.4 is 16.8 Å². The molecule has 1 heterocycles. The number of hydrogen-bond donors (Lipinski definition) is 4. The third-order valence-corrected chi connectivity index (χ3v) is 5.12. The van der Waals surface area contributed by atoms with Crippen LogP contribution in [0.5, 0.6) is 0 Å². The molecular formula is C21H24N4O2S. The number of aliphatic hydroxyl groups is 1. The van der Waals surface area contributed by atoms with Crippen molar-refractivity contribution in [2.75, 3.05) is 18.8 Å². The highest BCUT2D eigenvalue weighted by Crippen LogP contribution is 2.28. The molecule has 1 atom stereocenters. The lowest BCUT2D eigenvalue weighted by atomic mass is 9.98. The number of nitrogen functional groups attached to an aromatic ring is 1. The molecule has 0 radical (unpaired) electrons. The van der Waals surface area contributed by atoms with Gasteiger partial charge in [0.1, 0.15) is 0 Å². The number of benzene rings is 2. The van der Waals surface area contributed by atoms with E-state index in [-0.39, 0.29) is 12.3 Å². The summed E-state index contributed by atoms with van der Waals surface area (Å²) in [5, 5.41) is 15.9. The van der Waals surface area contributed by atoms with Crippen molar-refractivity contribution in [3.63, 3.8) is 0 Å². The van der Waals surface area contributed by atoms with Crippen molar-refractivity contribution in [2.24, 2.45) is 5.73 Å². The first-order valence-electron chi connectivity index (χ1n) is 9.08. The Morgan fingerprint density at radius 3 is 2.68 bits per heavy atom. The van der Waals surface area contributed by atoms with Crippen LogP contribution >= 0.6 is 11.3 Å². The number of aliphatic hydroxyl groups excluding tert-OH is 1. The smallest absolute Gasteiger partial charge is 0.221 e. The molecule has 7 heteroatoms. The van der Waals surface area contributed by atoms with Gasteiger partial charge in [-0.15, -0.1) is 11.3 Å². The number of nitrogens with one attached hydrogen (secondary N) is 1. The minimum atomic E-state index is -0.535. The highest BCUT2D eigenvalue weighted by atomic mass is 32.1. The summed E-state index contributed by atoms with van der Waals surface area (Å²) in [5.41, 5.74) is 15.6. The quantitative estimate of drug-likeness (QED) is 0.414. The minimum Gasteiger partial charge on any atom is -0.387 e. The zero-order chi connectivity index (χ0) is 19.9. The predicted molar refractivity (Wildman–Crippen MR) is 113 cm³/mol. The molecule has 0 aliphatic heterocycles. The van der Waals surface area contributed by atoms with Crippen molar-refractivity contribution in [3.8, 4) is 11.3 Å². The average molecular weight is 397 g/mol. The molecule has 0 aliphatic rings. The van der Waals surface area contributed by atoms with Gasteiger partial charge in [-0.2, -0.15) is 0 Å². The summed E-state index contributed by atoms with van der Waals surface area (Å²) < 4.78 is 0. The van der Waals surface area contributed by atoms with Gasteiger partial charge in [-0.3, -0.25) is 4.79 Å². The van der Waals surface area contributed by atoms with E-state index >= 15 is 0 Å². The number of anilines is 1. The van der Waals surface area contributed by atoms with Gasteiger partial charge in [0.25, 0.3) is 0 Å². The van der Waals surface area contributed by atoms with Crippen molar-refractivity contribution in [3.05, 3.63) is 70.6 Å². The minimum absolute atomic E-state index is 0.161. The normalized spacial score (nSPS) is 12.0. The van der Waals surface area contributed by atoms with Gasteiger partial charge < -0.3 is 21.9 Å². The predicted octanol–water partition coefficient (Wildman–Crippen LogP) is 2.29. The standard InChI is InChI=1S/C21H24N4O2S/c22-20(27)11-16-7-6-14(10-17(16)18-13-28-21(23)25-18)8-9-24-12-19(26)15-4-2-1-3-5-15/h1-7,10,13,19,24,26H,8-9,11-12H2,(H2,22,27)(H2,23,25)/t19-/m0/s1. The molecule has 0 aliphatic carbocycles. The zero-order valence-electron chi connectivity index (χ0n) is 15.5. The first kappa shape index (κ1) is 20.0. The van der Waals surface area contributed by atoms with Crippen LogP contribution in [0, 0.1) is 0 Å². The lowest BCUT2D eigenvalue weighted by Crippen LogP contribution is -2.23. The second-order valence-electron chi connectivity index (χ2n) is 6.59. The molecule has 6 nitrogen and oxygen atoms in total. The molecule has 2 aromatic carbocycles. The molecule has 0 saturated heterocycles. The van der Waals surface area contributed by atoms with Gasteiger partial charge in [-0.25, -0.2) is 4.98 Å². The fourth-order valence-electron chi connectivity index (χ4n) is 3.04. The fraction of sp³-hybridized carbons (Fsp3) is 0.238. The molecule has 1 amide bonds. The Balaban J connectivity index is 1.63. The van der Waals surface area contributed by atoms with Crippen molar-refractivity contribution in [2.45, 2.75) is 18.9 Å². The van der Waals surface area contributed by atoms with E-state index in [0.717, 1.165) is 40.9 Å². The molecule has 0 saturated carbocycles. The highest BCUT2D eigenvalue weighted by molar-refractivity contribution is 7.13. The Hall–Kier alpha value is -2.74. The number of thiazole rings is 1.